The number of nitrogens with two attached hydrogens (primary N) is 1. The van der Waals surface area contributed by atoms with E-state index in [0.717, 1.165) is 22.4 Å². The molecule has 0 radical (unpaired) electrons. The van der Waals surface area contributed by atoms with Crippen molar-refractivity contribution in [2.24, 2.45) is 10.8 Å². The van der Waals surface area contributed by atoms with Crippen LogP contribution in [0.1, 0.15) is 18.1 Å². The minimum Gasteiger partial charge on any atom is -0.375 e. The van der Waals surface area contributed by atoms with Gasteiger partial charge in [-0.2, -0.15) is 5.10 Å². The molecule has 0 spiro atoms. The lowest BCUT2D eigenvalue weighted by Gasteiger charge is -2.08. The number of hydrogen-bond donors (Lipinski definition) is 2. The molecule has 0 aromatic heterocycles. The third-order valence-corrected chi connectivity index (χ3v) is 3.01. The second-order valence-corrected chi connectivity index (χ2v) is 4.95. The van der Waals surface area contributed by atoms with Gasteiger partial charge in [0.25, 0.3) is 0 Å². The molecule has 3 N–H and O–H groups in total. The van der Waals surface area contributed by atoms with E-state index in [4.69, 9.17) is 18.0 Å². The van der Waals surface area contributed by atoms with Gasteiger partial charge in [-0.05, 0) is 36.3 Å². The molecular formula is C17H17N3S. The van der Waals surface area contributed by atoms with Crippen LogP contribution in [0.3, 0.4) is 0 Å². The first-order valence-corrected chi connectivity index (χ1v) is 7.00. The Labute approximate surface area is 130 Å². The predicted octanol–water partition coefficient (Wildman–Crippen LogP) is 3.44. The highest BCUT2D eigenvalue weighted by atomic mass is 32.1. The molecule has 0 saturated carbocycles. The van der Waals surface area contributed by atoms with Crippen molar-refractivity contribution in [2.45, 2.75) is 6.92 Å². The molecule has 0 fully saturated rings. The van der Waals surface area contributed by atoms with Gasteiger partial charge in [-0.25, -0.2) is 0 Å². The van der Waals surface area contributed by atoms with E-state index in [1.54, 1.807) is 0 Å². The van der Waals surface area contributed by atoms with E-state index >= 15 is 0 Å². The average molecular weight is 295 g/mol. The highest BCUT2D eigenvalue weighted by molar-refractivity contribution is 7.80. The Bertz CT molecular complexity index is 661. The molecule has 3 nitrogen and oxygen atoms in total. The fourth-order valence-corrected chi connectivity index (χ4v) is 1.98. The van der Waals surface area contributed by atoms with Gasteiger partial charge in [0.15, 0.2) is 5.11 Å². The summed E-state index contributed by atoms with van der Waals surface area (Å²) in [7, 11) is 0. The maximum Gasteiger partial charge on any atom is 0.184 e. The zero-order valence-corrected chi connectivity index (χ0v) is 12.6. The molecule has 106 valence electrons. The highest BCUT2D eigenvalue weighted by Crippen LogP contribution is 2.19. The van der Waals surface area contributed by atoms with Gasteiger partial charge in [-0.3, -0.25) is 5.43 Å². The molecule has 0 aliphatic rings. The molecule has 2 rings (SSSR count). The number of allylic oxidation sites excluding steroid dienone is 1. The highest BCUT2D eigenvalue weighted by Gasteiger charge is 2.05. The summed E-state index contributed by atoms with van der Waals surface area (Å²) in [6, 6.07) is 20.2. The van der Waals surface area contributed by atoms with Crippen molar-refractivity contribution in [2.75, 3.05) is 0 Å². The molecule has 0 bridgehead atoms. The van der Waals surface area contributed by atoms with Crippen molar-refractivity contribution in [1.82, 2.24) is 5.43 Å². The number of benzene rings is 2. The zero-order valence-electron chi connectivity index (χ0n) is 11.8. The lowest BCUT2D eigenvalue weighted by atomic mass is 9.99. The van der Waals surface area contributed by atoms with E-state index in [1.807, 2.05) is 43.3 Å². The lowest BCUT2D eigenvalue weighted by Crippen LogP contribution is -2.25. The number of thiocarbonyl (C=S) groups is 1. The predicted molar refractivity (Wildman–Crippen MR) is 93.8 cm³/mol. The summed E-state index contributed by atoms with van der Waals surface area (Å²) < 4.78 is 0. The van der Waals surface area contributed by atoms with Gasteiger partial charge in [0.05, 0.1) is 5.71 Å². The molecule has 0 aliphatic heterocycles. The van der Waals surface area contributed by atoms with Gasteiger partial charge >= 0.3 is 0 Å². The van der Waals surface area contributed by atoms with E-state index in [9.17, 15) is 0 Å². The maximum atomic E-state index is 5.43. The number of rotatable bonds is 4. The van der Waals surface area contributed by atoms with Crippen molar-refractivity contribution >= 4 is 34.7 Å². The van der Waals surface area contributed by atoms with Gasteiger partial charge in [0.2, 0.25) is 0 Å². The standard InChI is InChI=1S/C17H17N3S/c1-13(19-20-17(18)21)16(15-10-6-3-7-11-15)12-14-8-4-2-5-9-14/h2-12H,1H3,(H3,18,20,21)/b16-12-,19-13+. The molecule has 2 aromatic rings. The van der Waals surface area contributed by atoms with Crippen molar-refractivity contribution in [1.29, 1.82) is 0 Å². The average Bonchev–Trinajstić information content (AvgIpc) is 2.52. The van der Waals surface area contributed by atoms with Crippen molar-refractivity contribution in [3.63, 3.8) is 0 Å². The van der Waals surface area contributed by atoms with Crippen LogP contribution in [0.4, 0.5) is 0 Å². The Kier molecular flexibility index (Phi) is 5.23. The van der Waals surface area contributed by atoms with Crippen LogP contribution < -0.4 is 11.2 Å². The molecule has 0 heterocycles. The molecule has 0 unspecified atom stereocenters. The molecule has 0 aliphatic carbocycles. The second-order valence-electron chi connectivity index (χ2n) is 4.51. The largest absolute Gasteiger partial charge is 0.375 e. The van der Waals surface area contributed by atoms with Crippen molar-refractivity contribution in [3.05, 3.63) is 71.8 Å². The van der Waals surface area contributed by atoms with E-state index in [0.29, 0.717) is 0 Å². The van der Waals surface area contributed by atoms with Crippen LogP contribution in [0, 0.1) is 0 Å². The second kappa shape index (κ2) is 7.36. The summed E-state index contributed by atoms with van der Waals surface area (Å²) in [4.78, 5) is 0. The van der Waals surface area contributed by atoms with Crippen LogP contribution in [0.5, 0.6) is 0 Å². The maximum absolute atomic E-state index is 5.43. The van der Waals surface area contributed by atoms with Crippen LogP contribution >= 0.6 is 12.2 Å². The summed E-state index contributed by atoms with van der Waals surface area (Å²) in [5.74, 6) is 0. The van der Waals surface area contributed by atoms with Crippen molar-refractivity contribution < 1.29 is 0 Å². The Morgan fingerprint density at radius 2 is 1.62 bits per heavy atom. The van der Waals surface area contributed by atoms with Crippen LogP contribution in [-0.2, 0) is 0 Å². The van der Waals surface area contributed by atoms with E-state index in [-0.39, 0.29) is 5.11 Å². The van der Waals surface area contributed by atoms with Crippen LogP contribution in [0.25, 0.3) is 11.6 Å². The molecule has 21 heavy (non-hydrogen) atoms. The minimum absolute atomic E-state index is 0.154. The molecule has 0 saturated heterocycles. The zero-order chi connectivity index (χ0) is 15.1. The number of hydrazone groups is 1. The fourth-order valence-electron chi connectivity index (χ4n) is 1.93. The smallest absolute Gasteiger partial charge is 0.184 e. The minimum atomic E-state index is 0.154. The first-order valence-electron chi connectivity index (χ1n) is 6.59. The Balaban J connectivity index is 2.43. The van der Waals surface area contributed by atoms with E-state index in [2.05, 4.69) is 40.9 Å². The first-order chi connectivity index (χ1) is 10.2. The number of nitrogens with zero attached hydrogens (tertiary/aromatic N) is 1. The Hall–Kier alpha value is -2.46. The van der Waals surface area contributed by atoms with Crippen molar-refractivity contribution in [3.8, 4) is 0 Å². The summed E-state index contributed by atoms with van der Waals surface area (Å²) in [5.41, 5.74) is 12.1. The first kappa shape index (κ1) is 14.9. The SMILES string of the molecule is CC(=N\NC(N)=S)/C(=C/c1ccccc1)c1ccccc1. The van der Waals surface area contributed by atoms with E-state index < -0.39 is 0 Å². The summed E-state index contributed by atoms with van der Waals surface area (Å²) in [5, 5.41) is 4.38. The van der Waals surface area contributed by atoms with Crippen LogP contribution in [0.2, 0.25) is 0 Å². The Morgan fingerprint density at radius 3 is 2.19 bits per heavy atom. The number of hydrogen-bond acceptors (Lipinski definition) is 2. The number of nitrogens with one attached hydrogen (secondary N) is 1. The van der Waals surface area contributed by atoms with Gasteiger partial charge in [-0.15, -0.1) is 0 Å². The van der Waals surface area contributed by atoms with Gasteiger partial charge in [-0.1, -0.05) is 60.7 Å². The fraction of sp³-hybridized carbons (Fsp3) is 0.0588. The molecule has 0 amide bonds. The third kappa shape index (κ3) is 4.54. The normalized spacial score (nSPS) is 12.0. The summed E-state index contributed by atoms with van der Waals surface area (Å²) >= 11 is 4.79. The van der Waals surface area contributed by atoms with Crippen LogP contribution in [-0.4, -0.2) is 10.8 Å². The quantitative estimate of drug-likeness (QED) is 0.393. The summed E-state index contributed by atoms with van der Waals surface area (Å²) in [6.07, 6.45) is 2.09. The van der Waals surface area contributed by atoms with Crippen LogP contribution in [0.15, 0.2) is 65.8 Å². The third-order valence-electron chi connectivity index (χ3n) is 2.92. The molecule has 4 heteroatoms. The van der Waals surface area contributed by atoms with Gasteiger partial charge in [0.1, 0.15) is 0 Å². The molecule has 0 atom stereocenters. The van der Waals surface area contributed by atoms with Gasteiger partial charge < -0.3 is 5.73 Å². The summed E-state index contributed by atoms with van der Waals surface area (Å²) in [6.45, 7) is 1.92. The molecule has 2 aromatic carbocycles. The van der Waals surface area contributed by atoms with Gasteiger partial charge in [0, 0.05) is 5.57 Å². The monoisotopic (exact) mass is 295 g/mol. The molecular weight excluding hydrogens is 278 g/mol. The Morgan fingerprint density at radius 1 is 1.05 bits per heavy atom. The lowest BCUT2D eigenvalue weighted by molar-refractivity contribution is 1.03. The van der Waals surface area contributed by atoms with E-state index in [1.165, 1.54) is 0 Å². The topological polar surface area (TPSA) is 50.4 Å².